The zero-order valence-corrected chi connectivity index (χ0v) is 29.6. The van der Waals surface area contributed by atoms with Crippen molar-refractivity contribution in [2.24, 2.45) is 0 Å². The molecule has 2 unspecified atom stereocenters. The summed E-state index contributed by atoms with van der Waals surface area (Å²) in [5.41, 5.74) is 2.80. The van der Waals surface area contributed by atoms with Gasteiger partial charge in [-0.2, -0.15) is 0 Å². The maximum Gasteiger partial charge on any atom is 0.519 e. The van der Waals surface area contributed by atoms with Crippen molar-refractivity contribution in [2.45, 2.75) is 64.6 Å². The molecule has 12 heteroatoms. The molecule has 0 N–H and O–H groups in total. The van der Waals surface area contributed by atoms with Gasteiger partial charge in [-0.15, -0.1) is 0 Å². The Morgan fingerprint density at radius 2 is 1.77 bits per heavy atom. The van der Waals surface area contributed by atoms with Gasteiger partial charge in [-0.1, -0.05) is 42.5 Å². The Labute approximate surface area is 299 Å². The molecule has 1 saturated heterocycles. The van der Waals surface area contributed by atoms with Crippen LogP contribution in [0.2, 0.25) is 0 Å². The summed E-state index contributed by atoms with van der Waals surface area (Å²) in [7, 11) is 1.48. The number of aromatic nitrogens is 1. The van der Waals surface area contributed by atoms with Gasteiger partial charge in [0.25, 0.3) is 0 Å². The van der Waals surface area contributed by atoms with E-state index >= 15 is 8.78 Å². The Bertz CT molecular complexity index is 2240. The summed E-state index contributed by atoms with van der Waals surface area (Å²) in [6.07, 6.45) is 2.00. The lowest BCUT2D eigenvalue weighted by atomic mass is 9.97. The first kappa shape index (κ1) is 35.2. The van der Waals surface area contributed by atoms with E-state index in [1.807, 2.05) is 46.7 Å². The van der Waals surface area contributed by atoms with E-state index < -0.39 is 29.3 Å². The van der Waals surface area contributed by atoms with Crippen LogP contribution in [0.4, 0.5) is 14.5 Å². The van der Waals surface area contributed by atoms with Gasteiger partial charge in [0.15, 0.2) is 22.8 Å². The van der Waals surface area contributed by atoms with Gasteiger partial charge in [-0.05, 0) is 56.9 Å². The third kappa shape index (κ3) is 6.87. The van der Waals surface area contributed by atoms with Crippen molar-refractivity contribution in [1.82, 2.24) is 9.47 Å². The van der Waals surface area contributed by atoms with Crippen LogP contribution in [0.3, 0.4) is 0 Å². The third-order valence-electron chi connectivity index (χ3n) is 10.2. The number of ether oxygens (including phenoxy) is 2. The van der Waals surface area contributed by atoms with Crippen molar-refractivity contribution >= 4 is 22.6 Å². The largest absolute Gasteiger partial charge is 0.519 e. The molecule has 0 amide bonds. The van der Waals surface area contributed by atoms with Crippen LogP contribution in [-0.2, 0) is 22.5 Å². The summed E-state index contributed by atoms with van der Waals surface area (Å²) < 4.78 is 55.0. The molecule has 52 heavy (non-hydrogen) atoms. The molecule has 272 valence electrons. The van der Waals surface area contributed by atoms with Crippen LogP contribution in [0, 0.1) is 18.6 Å². The molecule has 3 aromatic carbocycles. The molecule has 5 aromatic rings. The molecule has 1 aliphatic carbocycles. The van der Waals surface area contributed by atoms with Crippen molar-refractivity contribution in [2.75, 3.05) is 38.3 Å². The van der Waals surface area contributed by atoms with Gasteiger partial charge in [0.05, 0.1) is 37.1 Å². The van der Waals surface area contributed by atoms with Gasteiger partial charge in [0, 0.05) is 55.5 Å². The molecule has 2 aliphatic rings. The van der Waals surface area contributed by atoms with Crippen molar-refractivity contribution < 1.29 is 31.9 Å². The number of aryl methyl sites for hydroxylation is 1. The molecule has 10 nitrogen and oxygen atoms in total. The predicted octanol–water partition coefficient (Wildman–Crippen LogP) is 6.74. The molecule has 3 heterocycles. The monoisotopic (exact) mass is 713 g/mol. The van der Waals surface area contributed by atoms with Crippen molar-refractivity contribution in [1.29, 1.82) is 0 Å². The average molecular weight is 714 g/mol. The second-order valence-electron chi connectivity index (χ2n) is 13.7. The lowest BCUT2D eigenvalue weighted by molar-refractivity contribution is -0.145. The van der Waals surface area contributed by atoms with Crippen LogP contribution in [0.1, 0.15) is 61.4 Å². The van der Waals surface area contributed by atoms with Gasteiger partial charge in [-0.25, -0.2) is 13.6 Å². The molecule has 7 rings (SSSR count). The highest BCUT2D eigenvalue weighted by Gasteiger charge is 2.34. The number of nitrogens with zero attached hydrogens (tertiary/aromatic N) is 3. The standard InChI is InChI=1S/C40H41F2N3O7/c1-23-21-44(16-15-43(23)22-35-25(3)51-40(48)52-35)37-33(42)20-31-34(46)19-29(45(28-11-12-28)36(31)38(37)49-4)14-17-50-39(47)24(2)27-10-13-30(32(41)18-27)26-8-6-5-7-9-26/h5-10,13,18-20,23-24,28H,11-12,14-17,21-22H2,1-4H3. The molecular formula is C40H41F2N3O7. The van der Waals surface area contributed by atoms with Crippen molar-refractivity contribution in [3.63, 3.8) is 0 Å². The number of pyridine rings is 1. The highest BCUT2D eigenvalue weighted by molar-refractivity contribution is 5.92. The predicted molar refractivity (Wildman–Crippen MR) is 192 cm³/mol. The van der Waals surface area contributed by atoms with E-state index in [9.17, 15) is 14.4 Å². The van der Waals surface area contributed by atoms with Gasteiger partial charge in [0.2, 0.25) is 0 Å². The molecule has 2 fully saturated rings. The first-order valence-corrected chi connectivity index (χ1v) is 17.6. The third-order valence-corrected chi connectivity index (χ3v) is 10.2. The summed E-state index contributed by atoms with van der Waals surface area (Å²) in [6, 6.07) is 16.8. The lowest BCUT2D eigenvalue weighted by Crippen LogP contribution is -2.51. The van der Waals surface area contributed by atoms with E-state index in [0.29, 0.717) is 60.0 Å². The Hall–Kier alpha value is -5.23. The van der Waals surface area contributed by atoms with Crippen LogP contribution in [0.5, 0.6) is 5.75 Å². The number of fused-ring (bicyclic) bond motifs is 1. The quantitative estimate of drug-likeness (QED) is 0.138. The van der Waals surface area contributed by atoms with Crippen LogP contribution in [0.15, 0.2) is 79.1 Å². The van der Waals surface area contributed by atoms with Gasteiger partial charge in [0.1, 0.15) is 17.3 Å². The Balaban J connectivity index is 1.11. The number of carbonyl (C=O) groups excluding carboxylic acids is 1. The fraction of sp³-hybridized carbons (Fsp3) is 0.375. The minimum atomic E-state index is -0.739. The van der Waals surface area contributed by atoms with Crippen LogP contribution in [-0.4, -0.2) is 54.8 Å². The summed E-state index contributed by atoms with van der Waals surface area (Å²) in [5, 5.41) is 0.220. The Morgan fingerprint density at radius 1 is 1.00 bits per heavy atom. The first-order valence-electron chi connectivity index (χ1n) is 17.6. The molecule has 2 atom stereocenters. The number of benzene rings is 3. The Kier molecular flexibility index (Phi) is 9.76. The number of carbonyl (C=O) groups is 1. The van der Waals surface area contributed by atoms with Gasteiger partial charge >= 0.3 is 11.8 Å². The van der Waals surface area contributed by atoms with Crippen LogP contribution < -0.4 is 20.9 Å². The number of hydrogen-bond acceptors (Lipinski definition) is 9. The normalized spacial score (nSPS) is 17.0. The number of anilines is 1. The van der Waals surface area contributed by atoms with Gasteiger partial charge in [-0.3, -0.25) is 14.5 Å². The minimum Gasteiger partial charge on any atom is -0.492 e. The summed E-state index contributed by atoms with van der Waals surface area (Å²) in [5.74, 6) is -1.75. The number of halogens is 2. The Morgan fingerprint density at radius 3 is 2.42 bits per heavy atom. The van der Waals surface area contributed by atoms with Crippen LogP contribution in [0.25, 0.3) is 22.0 Å². The highest BCUT2D eigenvalue weighted by Crippen LogP contribution is 2.45. The maximum atomic E-state index is 16.0. The number of rotatable bonds is 11. The lowest BCUT2D eigenvalue weighted by Gasteiger charge is -2.41. The fourth-order valence-corrected chi connectivity index (χ4v) is 7.21. The molecule has 2 aromatic heterocycles. The summed E-state index contributed by atoms with van der Waals surface area (Å²) in [4.78, 5) is 42.3. The van der Waals surface area contributed by atoms with E-state index in [4.69, 9.17) is 18.3 Å². The summed E-state index contributed by atoms with van der Waals surface area (Å²) in [6.45, 7) is 7.23. The number of esters is 1. The molecule has 0 bridgehead atoms. The van der Waals surface area contributed by atoms with Crippen molar-refractivity contribution in [3.8, 4) is 16.9 Å². The second-order valence-corrected chi connectivity index (χ2v) is 13.7. The van der Waals surface area contributed by atoms with Gasteiger partial charge < -0.3 is 27.8 Å². The molecule has 0 radical (unpaired) electrons. The summed E-state index contributed by atoms with van der Waals surface area (Å²) >= 11 is 0. The second kappa shape index (κ2) is 14.4. The van der Waals surface area contributed by atoms with E-state index in [1.165, 1.54) is 25.3 Å². The molecule has 1 aliphatic heterocycles. The topological polar surface area (TPSA) is 107 Å². The van der Waals surface area contributed by atoms with Crippen molar-refractivity contribution in [3.05, 3.63) is 116 Å². The smallest absolute Gasteiger partial charge is 0.492 e. The van der Waals surface area contributed by atoms with E-state index in [-0.39, 0.29) is 47.4 Å². The van der Waals surface area contributed by atoms with E-state index in [2.05, 4.69) is 4.90 Å². The molecule has 1 saturated carbocycles. The first-order chi connectivity index (χ1) is 25.0. The number of hydrogen-bond donors (Lipinski definition) is 0. The fourth-order valence-electron chi connectivity index (χ4n) is 7.21. The number of piperazine rings is 1. The minimum absolute atomic E-state index is 0.00246. The average Bonchev–Trinajstić information content (AvgIpc) is 3.92. The maximum absolute atomic E-state index is 16.0. The van der Waals surface area contributed by atoms with Crippen LogP contribution >= 0.6 is 0 Å². The van der Waals surface area contributed by atoms with E-state index in [0.717, 1.165) is 18.4 Å². The number of methoxy groups -OCH3 is 1. The zero-order chi connectivity index (χ0) is 36.7. The highest BCUT2D eigenvalue weighted by atomic mass is 19.1. The SMILES string of the molecule is COc1c(N2CCN(Cc3oc(=O)oc3C)C(C)C2)c(F)cc2c(=O)cc(CCOC(=O)C(C)c3ccc(-c4ccccc4)c(F)c3)n(C3CC3)c12. The van der Waals surface area contributed by atoms with E-state index in [1.54, 1.807) is 26.0 Å². The molecule has 0 spiro atoms. The zero-order valence-electron chi connectivity index (χ0n) is 29.6. The molecular weight excluding hydrogens is 672 g/mol.